The van der Waals surface area contributed by atoms with Gasteiger partial charge in [0.15, 0.2) is 0 Å². The second-order valence-electron chi connectivity index (χ2n) is 8.54. The number of carbonyl (C=O) groups excluding carboxylic acids is 2. The number of aliphatic hydroxyl groups excluding tert-OH is 1. The van der Waals surface area contributed by atoms with Gasteiger partial charge in [-0.2, -0.15) is 0 Å². The van der Waals surface area contributed by atoms with E-state index >= 15 is 0 Å². The van der Waals surface area contributed by atoms with Crippen LogP contribution in [0, 0.1) is 0 Å². The zero-order valence-electron chi connectivity index (χ0n) is 18.8. The van der Waals surface area contributed by atoms with Crippen LogP contribution in [0.2, 0.25) is 0 Å². The van der Waals surface area contributed by atoms with Gasteiger partial charge in [0.1, 0.15) is 18.7 Å². The Balaban J connectivity index is 1.44. The van der Waals surface area contributed by atoms with Crippen LogP contribution in [0.15, 0.2) is 48.5 Å². The van der Waals surface area contributed by atoms with E-state index in [9.17, 15) is 24.6 Å². The number of carboxylic acids is 1. The second-order valence-corrected chi connectivity index (χ2v) is 8.54. The van der Waals surface area contributed by atoms with Crippen molar-refractivity contribution in [2.75, 3.05) is 26.9 Å². The summed E-state index contributed by atoms with van der Waals surface area (Å²) in [6.07, 6.45) is -1.62. The maximum absolute atomic E-state index is 13.1. The summed E-state index contributed by atoms with van der Waals surface area (Å²) < 4.78 is 10.6. The Morgan fingerprint density at radius 3 is 2.29 bits per heavy atom. The fourth-order valence-corrected chi connectivity index (χ4v) is 4.77. The van der Waals surface area contributed by atoms with E-state index in [0.717, 1.165) is 27.2 Å². The predicted octanol–water partition coefficient (Wildman–Crippen LogP) is 1.98. The van der Waals surface area contributed by atoms with Crippen LogP contribution in [0.5, 0.6) is 0 Å². The molecule has 2 aromatic carbocycles. The van der Waals surface area contributed by atoms with Gasteiger partial charge in [0, 0.05) is 39.0 Å². The Kier molecular flexibility index (Phi) is 7.14. The van der Waals surface area contributed by atoms with E-state index < -0.39 is 36.2 Å². The molecule has 0 aromatic heterocycles. The molecule has 0 saturated carbocycles. The van der Waals surface area contributed by atoms with Crippen molar-refractivity contribution in [1.29, 1.82) is 0 Å². The molecule has 1 heterocycles. The number of benzene rings is 2. The third-order valence-electron chi connectivity index (χ3n) is 6.39. The molecule has 3 atom stereocenters. The summed E-state index contributed by atoms with van der Waals surface area (Å²) in [5, 5.41) is 21.9. The first kappa shape index (κ1) is 23.7. The molecular weight excluding hydrogens is 440 g/mol. The van der Waals surface area contributed by atoms with Crippen LogP contribution in [0.4, 0.5) is 4.79 Å². The monoisotopic (exact) mass is 468 g/mol. The highest BCUT2D eigenvalue weighted by Gasteiger charge is 2.41. The van der Waals surface area contributed by atoms with Crippen LogP contribution in [0.3, 0.4) is 0 Å². The molecule has 9 nitrogen and oxygen atoms in total. The number of carbonyl (C=O) groups is 3. The van der Waals surface area contributed by atoms with E-state index in [4.69, 9.17) is 9.47 Å². The first-order valence-corrected chi connectivity index (χ1v) is 11.2. The third-order valence-corrected chi connectivity index (χ3v) is 6.39. The van der Waals surface area contributed by atoms with Gasteiger partial charge >= 0.3 is 12.1 Å². The number of carboxylic acid groups (broad SMARTS) is 1. The molecule has 2 amide bonds. The largest absolute Gasteiger partial charge is 0.480 e. The Morgan fingerprint density at radius 2 is 1.71 bits per heavy atom. The zero-order chi connectivity index (χ0) is 24.2. The number of aliphatic carboxylic acids is 1. The Labute approximate surface area is 197 Å². The maximum atomic E-state index is 13.1. The summed E-state index contributed by atoms with van der Waals surface area (Å²) in [7, 11) is 1.47. The van der Waals surface area contributed by atoms with Gasteiger partial charge in [-0.25, -0.2) is 9.59 Å². The molecule has 0 bridgehead atoms. The van der Waals surface area contributed by atoms with Crippen molar-refractivity contribution in [1.82, 2.24) is 10.2 Å². The molecule has 9 heteroatoms. The van der Waals surface area contributed by atoms with Gasteiger partial charge in [-0.3, -0.25) is 4.79 Å². The van der Waals surface area contributed by atoms with Crippen molar-refractivity contribution < 1.29 is 34.1 Å². The first-order valence-electron chi connectivity index (χ1n) is 11.2. The number of alkyl carbamates (subject to hydrolysis) is 1. The lowest BCUT2D eigenvalue weighted by Crippen LogP contribution is -2.52. The number of fused-ring (bicyclic) bond motifs is 3. The normalized spacial score (nSPS) is 19.9. The molecule has 2 aromatic rings. The van der Waals surface area contributed by atoms with Gasteiger partial charge in [0.25, 0.3) is 0 Å². The van der Waals surface area contributed by atoms with E-state index in [-0.39, 0.29) is 38.5 Å². The van der Waals surface area contributed by atoms with E-state index in [0.29, 0.717) is 0 Å². The van der Waals surface area contributed by atoms with E-state index in [1.165, 1.54) is 7.11 Å². The van der Waals surface area contributed by atoms with E-state index in [2.05, 4.69) is 5.32 Å². The second kappa shape index (κ2) is 10.2. The SMILES string of the molecule is COCCC(NC(=O)OCC1c2ccccc2-c2ccccc21)C(=O)N1C[C@@H](O)C[C@H]1C(=O)O. The molecule has 1 aliphatic heterocycles. The molecule has 1 fully saturated rings. The molecule has 2 aliphatic rings. The number of amides is 2. The molecule has 3 N–H and O–H groups in total. The fraction of sp³-hybridized carbons (Fsp3) is 0.400. The number of nitrogens with zero attached hydrogens (tertiary/aromatic N) is 1. The molecule has 180 valence electrons. The zero-order valence-corrected chi connectivity index (χ0v) is 18.8. The topological polar surface area (TPSA) is 125 Å². The number of ether oxygens (including phenoxy) is 2. The smallest absolute Gasteiger partial charge is 0.407 e. The number of methoxy groups -OCH3 is 1. The molecule has 0 spiro atoms. The lowest BCUT2D eigenvalue weighted by molar-refractivity contribution is -0.149. The van der Waals surface area contributed by atoms with Crippen LogP contribution in [-0.2, 0) is 19.1 Å². The van der Waals surface area contributed by atoms with Crippen molar-refractivity contribution >= 4 is 18.0 Å². The van der Waals surface area contributed by atoms with E-state index in [1.54, 1.807) is 0 Å². The molecule has 1 saturated heterocycles. The van der Waals surface area contributed by atoms with Crippen molar-refractivity contribution in [3.8, 4) is 11.1 Å². The minimum Gasteiger partial charge on any atom is -0.480 e. The fourth-order valence-electron chi connectivity index (χ4n) is 4.77. The quantitative estimate of drug-likeness (QED) is 0.541. The predicted molar refractivity (Wildman–Crippen MR) is 122 cm³/mol. The first-order chi connectivity index (χ1) is 16.4. The molecule has 4 rings (SSSR count). The van der Waals surface area contributed by atoms with E-state index in [1.807, 2.05) is 48.5 Å². The highest BCUT2D eigenvalue weighted by Crippen LogP contribution is 2.44. The lowest BCUT2D eigenvalue weighted by Gasteiger charge is -2.27. The highest BCUT2D eigenvalue weighted by atomic mass is 16.5. The molecular formula is C25H28N2O7. The van der Waals surface area contributed by atoms with Crippen molar-refractivity contribution in [3.63, 3.8) is 0 Å². The van der Waals surface area contributed by atoms with Crippen molar-refractivity contribution in [3.05, 3.63) is 59.7 Å². The van der Waals surface area contributed by atoms with Crippen LogP contribution < -0.4 is 5.32 Å². The maximum Gasteiger partial charge on any atom is 0.407 e. The number of β-amino-alcohol motifs (C(OH)–C–C–N with tert-alkyl or cyclic N) is 1. The van der Waals surface area contributed by atoms with Crippen LogP contribution >= 0.6 is 0 Å². The van der Waals surface area contributed by atoms with Crippen molar-refractivity contribution in [2.45, 2.75) is 36.9 Å². The van der Waals surface area contributed by atoms with Gasteiger partial charge in [-0.1, -0.05) is 48.5 Å². The summed E-state index contributed by atoms with van der Waals surface area (Å²) in [4.78, 5) is 38.4. The average Bonchev–Trinajstić information content (AvgIpc) is 3.38. The number of hydrogen-bond acceptors (Lipinski definition) is 6. The number of nitrogens with one attached hydrogen (secondary N) is 1. The minimum atomic E-state index is -1.20. The number of hydrogen-bond donors (Lipinski definition) is 3. The summed E-state index contributed by atoms with van der Waals surface area (Å²) in [5.74, 6) is -1.91. The standard InChI is InChI=1S/C25H28N2O7/c1-33-11-10-21(23(29)27-13-15(28)12-22(27)24(30)31)26-25(32)34-14-20-18-8-4-2-6-16(18)17-7-3-5-9-19(17)20/h2-9,15,20-22,28H,10-14H2,1H3,(H,26,32)(H,30,31)/t15-,21?,22-/m0/s1. The number of likely N-dealkylation sites (tertiary alicyclic amines) is 1. The van der Waals surface area contributed by atoms with Gasteiger partial charge < -0.3 is 29.9 Å². The minimum absolute atomic E-state index is 0.0526. The Hall–Kier alpha value is -3.43. The molecule has 1 aliphatic carbocycles. The number of aliphatic hydroxyl groups is 1. The molecule has 0 radical (unpaired) electrons. The summed E-state index contributed by atoms with van der Waals surface area (Å²) >= 11 is 0. The highest BCUT2D eigenvalue weighted by molar-refractivity contribution is 5.90. The Morgan fingerprint density at radius 1 is 1.09 bits per heavy atom. The van der Waals surface area contributed by atoms with Gasteiger partial charge in [0.05, 0.1) is 6.10 Å². The van der Waals surface area contributed by atoms with Gasteiger partial charge in [-0.15, -0.1) is 0 Å². The lowest BCUT2D eigenvalue weighted by atomic mass is 9.98. The summed E-state index contributed by atoms with van der Waals surface area (Å²) in [6.45, 7) is 0.158. The summed E-state index contributed by atoms with van der Waals surface area (Å²) in [6, 6.07) is 13.7. The van der Waals surface area contributed by atoms with Gasteiger partial charge in [-0.05, 0) is 22.3 Å². The van der Waals surface area contributed by atoms with Gasteiger partial charge in [0.2, 0.25) is 5.91 Å². The summed E-state index contributed by atoms with van der Waals surface area (Å²) in [5.41, 5.74) is 4.35. The van der Waals surface area contributed by atoms with Crippen LogP contribution in [-0.4, -0.2) is 78.1 Å². The van der Waals surface area contributed by atoms with Crippen LogP contribution in [0.25, 0.3) is 11.1 Å². The molecule has 34 heavy (non-hydrogen) atoms. The molecule has 1 unspecified atom stereocenters. The third kappa shape index (κ3) is 4.76. The Bertz CT molecular complexity index is 1030. The van der Waals surface area contributed by atoms with Crippen molar-refractivity contribution in [2.24, 2.45) is 0 Å². The number of rotatable bonds is 8. The van der Waals surface area contributed by atoms with Crippen LogP contribution in [0.1, 0.15) is 29.9 Å². The average molecular weight is 469 g/mol.